The Morgan fingerprint density at radius 2 is 2.07 bits per heavy atom. The summed E-state index contributed by atoms with van der Waals surface area (Å²) in [6, 6.07) is 8.03. The fourth-order valence-corrected chi connectivity index (χ4v) is 4.13. The summed E-state index contributed by atoms with van der Waals surface area (Å²) >= 11 is 4.83. The summed E-state index contributed by atoms with van der Waals surface area (Å²) in [5.41, 5.74) is 0.474. The number of piperazine rings is 1. The molecule has 1 aromatic carbocycles. The molecule has 9 heteroatoms. The molecule has 6 nitrogen and oxygen atoms in total. The van der Waals surface area contributed by atoms with E-state index >= 15 is 0 Å². The van der Waals surface area contributed by atoms with Gasteiger partial charge in [-0.3, -0.25) is 9.69 Å². The van der Waals surface area contributed by atoms with Crippen molar-refractivity contribution in [1.82, 2.24) is 19.9 Å². The van der Waals surface area contributed by atoms with Gasteiger partial charge in [-0.1, -0.05) is 11.2 Å². The maximum atomic E-state index is 13.2. The number of halogens is 2. The molecule has 2 aromatic heterocycles. The lowest BCUT2D eigenvalue weighted by Gasteiger charge is -2.34. The van der Waals surface area contributed by atoms with Crippen molar-refractivity contribution in [1.29, 1.82) is 0 Å². The number of carbonyl (C=O) groups excluding carboxylic acids is 1. The summed E-state index contributed by atoms with van der Waals surface area (Å²) in [4.78, 5) is 22.0. The van der Waals surface area contributed by atoms with Crippen LogP contribution in [0.15, 0.2) is 44.7 Å². The van der Waals surface area contributed by atoms with E-state index in [4.69, 9.17) is 4.52 Å². The number of thiophene rings is 1. The third-order valence-corrected chi connectivity index (χ3v) is 5.91. The second-order valence-electron chi connectivity index (χ2n) is 6.18. The van der Waals surface area contributed by atoms with Gasteiger partial charge in [0.15, 0.2) is 0 Å². The van der Waals surface area contributed by atoms with Crippen LogP contribution in [0.5, 0.6) is 0 Å². The quantitative estimate of drug-likeness (QED) is 0.606. The number of hydrogen-bond acceptors (Lipinski definition) is 6. The number of amides is 1. The van der Waals surface area contributed by atoms with Crippen LogP contribution in [0.1, 0.15) is 16.2 Å². The first kappa shape index (κ1) is 18.3. The lowest BCUT2D eigenvalue weighted by Crippen LogP contribution is -2.48. The normalized spacial score (nSPS) is 15.3. The van der Waals surface area contributed by atoms with Crippen molar-refractivity contribution in [3.05, 3.63) is 57.5 Å². The molecule has 27 heavy (non-hydrogen) atoms. The fraction of sp³-hybridized carbons (Fsp3) is 0.278. The van der Waals surface area contributed by atoms with Crippen LogP contribution in [0.3, 0.4) is 0 Å². The van der Waals surface area contributed by atoms with Crippen LogP contribution in [0.2, 0.25) is 0 Å². The maximum absolute atomic E-state index is 13.2. The Morgan fingerprint density at radius 1 is 1.26 bits per heavy atom. The Bertz CT molecular complexity index is 939. The van der Waals surface area contributed by atoms with Crippen molar-refractivity contribution in [2.24, 2.45) is 0 Å². The zero-order valence-corrected chi connectivity index (χ0v) is 16.7. The van der Waals surface area contributed by atoms with Gasteiger partial charge in [0.2, 0.25) is 11.7 Å². The van der Waals surface area contributed by atoms with Gasteiger partial charge in [-0.25, -0.2) is 4.39 Å². The van der Waals surface area contributed by atoms with Crippen LogP contribution < -0.4 is 0 Å². The third kappa shape index (κ3) is 4.10. The molecule has 0 unspecified atom stereocenters. The smallest absolute Gasteiger partial charge is 0.255 e. The van der Waals surface area contributed by atoms with Crippen molar-refractivity contribution in [2.75, 3.05) is 26.2 Å². The molecule has 4 rings (SSSR count). The molecule has 3 heterocycles. The summed E-state index contributed by atoms with van der Waals surface area (Å²) in [5.74, 6) is 0.707. The predicted molar refractivity (Wildman–Crippen MR) is 103 cm³/mol. The lowest BCUT2D eigenvalue weighted by molar-refractivity contribution is 0.0614. The van der Waals surface area contributed by atoms with Crippen LogP contribution in [0.25, 0.3) is 10.7 Å². The topological polar surface area (TPSA) is 62.5 Å². The molecule has 140 valence electrons. The number of benzene rings is 1. The first-order chi connectivity index (χ1) is 13.1. The Hall–Kier alpha value is -2.10. The molecule has 1 aliphatic heterocycles. The monoisotopic (exact) mass is 450 g/mol. The molecule has 1 saturated heterocycles. The molecule has 0 radical (unpaired) electrons. The van der Waals surface area contributed by atoms with E-state index in [1.54, 1.807) is 16.2 Å². The average molecular weight is 451 g/mol. The molecular weight excluding hydrogens is 435 g/mol. The molecule has 3 aromatic rings. The number of aromatic nitrogens is 2. The first-order valence-corrected chi connectivity index (χ1v) is 10.1. The van der Waals surface area contributed by atoms with Crippen LogP contribution in [0.4, 0.5) is 4.39 Å². The fourth-order valence-electron chi connectivity index (χ4n) is 2.96. The third-order valence-electron chi connectivity index (χ3n) is 4.39. The standard InChI is InChI=1S/C18H16BrFN4O2S/c19-14-10-12(20)3-4-13(14)18(25)24-7-5-23(6-8-24)11-16-21-17(22-26-16)15-2-1-9-27-15/h1-4,9-10H,5-8,11H2. The predicted octanol–water partition coefficient (Wildman–Crippen LogP) is 3.66. The largest absolute Gasteiger partial charge is 0.338 e. The molecule has 0 N–H and O–H groups in total. The van der Waals surface area contributed by atoms with Crippen molar-refractivity contribution >= 4 is 33.2 Å². The molecule has 0 spiro atoms. The molecule has 0 atom stereocenters. The summed E-state index contributed by atoms with van der Waals surface area (Å²) in [5, 5.41) is 5.99. The number of carbonyl (C=O) groups is 1. The highest BCUT2D eigenvalue weighted by molar-refractivity contribution is 9.10. The van der Waals surface area contributed by atoms with E-state index in [1.807, 2.05) is 17.5 Å². The van der Waals surface area contributed by atoms with Crippen LogP contribution in [-0.2, 0) is 6.54 Å². The molecule has 0 aliphatic carbocycles. The van der Waals surface area contributed by atoms with Crippen molar-refractivity contribution in [3.63, 3.8) is 0 Å². The Kier molecular flexibility index (Phi) is 5.33. The van der Waals surface area contributed by atoms with E-state index in [9.17, 15) is 9.18 Å². The molecular formula is C18H16BrFN4O2S. The molecule has 1 aliphatic rings. The highest BCUT2D eigenvalue weighted by atomic mass is 79.9. The van der Waals surface area contributed by atoms with E-state index < -0.39 is 0 Å². The number of rotatable bonds is 4. The van der Waals surface area contributed by atoms with Gasteiger partial charge in [0, 0.05) is 30.7 Å². The summed E-state index contributed by atoms with van der Waals surface area (Å²) in [6.07, 6.45) is 0. The van der Waals surface area contributed by atoms with Crippen molar-refractivity contribution in [2.45, 2.75) is 6.54 Å². The Labute approximate surface area is 167 Å². The van der Waals surface area contributed by atoms with Crippen LogP contribution in [0, 0.1) is 5.82 Å². The minimum absolute atomic E-state index is 0.0979. The lowest BCUT2D eigenvalue weighted by atomic mass is 10.1. The zero-order valence-electron chi connectivity index (χ0n) is 14.3. The molecule has 0 bridgehead atoms. The Morgan fingerprint density at radius 3 is 2.78 bits per heavy atom. The summed E-state index contributed by atoms with van der Waals surface area (Å²) in [7, 11) is 0. The van der Waals surface area contributed by atoms with E-state index in [1.165, 1.54) is 18.2 Å². The highest BCUT2D eigenvalue weighted by Gasteiger charge is 2.24. The first-order valence-electron chi connectivity index (χ1n) is 8.43. The maximum Gasteiger partial charge on any atom is 0.255 e. The van der Waals surface area contributed by atoms with Gasteiger partial charge in [-0.15, -0.1) is 11.3 Å². The zero-order chi connectivity index (χ0) is 18.8. The molecule has 0 saturated carbocycles. The molecule has 1 fully saturated rings. The second kappa shape index (κ2) is 7.87. The van der Waals surface area contributed by atoms with Gasteiger partial charge in [0.25, 0.3) is 5.91 Å². The van der Waals surface area contributed by atoms with E-state index in [0.717, 1.165) is 4.88 Å². The van der Waals surface area contributed by atoms with Gasteiger partial charge in [0.05, 0.1) is 17.0 Å². The number of hydrogen-bond donors (Lipinski definition) is 0. The summed E-state index contributed by atoms with van der Waals surface area (Å²) < 4.78 is 19.0. The SMILES string of the molecule is O=C(c1ccc(F)cc1Br)N1CCN(Cc2nc(-c3cccs3)no2)CC1. The highest BCUT2D eigenvalue weighted by Crippen LogP contribution is 2.23. The van der Waals surface area contributed by atoms with Crippen molar-refractivity contribution < 1.29 is 13.7 Å². The van der Waals surface area contributed by atoms with Gasteiger partial charge < -0.3 is 9.42 Å². The van der Waals surface area contributed by atoms with Gasteiger partial charge >= 0.3 is 0 Å². The summed E-state index contributed by atoms with van der Waals surface area (Å²) in [6.45, 7) is 3.16. The van der Waals surface area contributed by atoms with Gasteiger partial charge in [0.1, 0.15) is 5.82 Å². The van der Waals surface area contributed by atoms with Crippen LogP contribution in [-0.4, -0.2) is 52.0 Å². The van der Waals surface area contributed by atoms with E-state index in [0.29, 0.717) is 54.5 Å². The average Bonchev–Trinajstić information content (AvgIpc) is 3.33. The minimum atomic E-state index is -0.371. The minimum Gasteiger partial charge on any atom is -0.338 e. The van der Waals surface area contributed by atoms with Crippen molar-refractivity contribution in [3.8, 4) is 10.7 Å². The molecule has 1 amide bonds. The van der Waals surface area contributed by atoms with Gasteiger partial charge in [-0.2, -0.15) is 4.98 Å². The Balaban J connectivity index is 1.34. The van der Waals surface area contributed by atoms with E-state index in [2.05, 4.69) is 31.0 Å². The van der Waals surface area contributed by atoms with Gasteiger partial charge in [-0.05, 0) is 45.6 Å². The second-order valence-corrected chi connectivity index (χ2v) is 7.98. The van der Waals surface area contributed by atoms with E-state index in [-0.39, 0.29) is 11.7 Å². The number of nitrogens with zero attached hydrogens (tertiary/aromatic N) is 4. The van der Waals surface area contributed by atoms with Crippen LogP contribution >= 0.6 is 27.3 Å².